The summed E-state index contributed by atoms with van der Waals surface area (Å²) in [7, 11) is -3.70. The summed E-state index contributed by atoms with van der Waals surface area (Å²) in [6, 6.07) is 10.9. The zero-order valence-corrected chi connectivity index (χ0v) is 16.7. The van der Waals surface area contributed by atoms with Crippen LogP contribution in [0.5, 0.6) is 0 Å². The normalized spacial score (nSPS) is 15.7. The quantitative estimate of drug-likeness (QED) is 0.702. The van der Waals surface area contributed by atoms with E-state index >= 15 is 0 Å². The topological polar surface area (TPSA) is 70.7 Å². The van der Waals surface area contributed by atoms with E-state index in [-0.39, 0.29) is 28.8 Å². The Labute approximate surface area is 171 Å². The maximum absolute atomic E-state index is 13.1. The number of ether oxygens (including phenoxy) is 1. The third-order valence-electron chi connectivity index (χ3n) is 4.18. The molecule has 2 N–H and O–H groups in total. The number of nitrogens with zero attached hydrogens (tertiary/aromatic N) is 1. The Hall–Kier alpha value is -2.21. The van der Waals surface area contributed by atoms with Crippen molar-refractivity contribution in [2.75, 3.05) is 36.9 Å². The molecule has 0 bridgehead atoms. The highest BCUT2D eigenvalue weighted by Crippen LogP contribution is 2.34. The van der Waals surface area contributed by atoms with Gasteiger partial charge in [0.2, 0.25) is 10.0 Å². The molecule has 1 aliphatic rings. The average molecular weight is 445 g/mol. The van der Waals surface area contributed by atoms with Gasteiger partial charge in [0.15, 0.2) is 5.11 Å². The van der Waals surface area contributed by atoms with Gasteiger partial charge in [-0.3, -0.25) is 0 Å². The Bertz CT molecular complexity index is 991. The standard InChI is InChI=1S/C18H18F3N3O3S2/c19-18(20,21)15-6-1-2-7-16(15)23-17(28)22-13-4-3-5-14(12-13)29(25,26)24-8-10-27-11-9-24/h1-7,12H,8-11H2,(H2,22,23,28). The van der Waals surface area contributed by atoms with Crippen LogP contribution in [0.15, 0.2) is 53.4 Å². The molecule has 0 spiro atoms. The minimum absolute atomic E-state index is 0.0582. The molecule has 2 aromatic carbocycles. The van der Waals surface area contributed by atoms with Gasteiger partial charge in [0.1, 0.15) is 0 Å². The number of morpholine rings is 1. The molecule has 1 aliphatic heterocycles. The SMILES string of the molecule is O=S(=O)(c1cccc(NC(=S)Nc2ccccc2C(F)(F)F)c1)N1CCOCC1. The molecule has 2 aromatic rings. The van der Waals surface area contributed by atoms with Crippen molar-refractivity contribution < 1.29 is 26.3 Å². The van der Waals surface area contributed by atoms with Crippen LogP contribution < -0.4 is 10.6 Å². The first-order valence-electron chi connectivity index (χ1n) is 8.60. The van der Waals surface area contributed by atoms with Crippen LogP contribution in [0.3, 0.4) is 0 Å². The highest BCUT2D eigenvalue weighted by molar-refractivity contribution is 7.89. The summed E-state index contributed by atoms with van der Waals surface area (Å²) < 4.78 is 71.3. The fraction of sp³-hybridized carbons (Fsp3) is 0.278. The van der Waals surface area contributed by atoms with Gasteiger partial charge < -0.3 is 15.4 Å². The Morgan fingerprint density at radius 3 is 2.41 bits per heavy atom. The molecule has 6 nitrogen and oxygen atoms in total. The molecule has 0 radical (unpaired) electrons. The minimum Gasteiger partial charge on any atom is -0.379 e. The molecule has 0 atom stereocenters. The van der Waals surface area contributed by atoms with E-state index in [4.69, 9.17) is 17.0 Å². The fourth-order valence-electron chi connectivity index (χ4n) is 2.79. The van der Waals surface area contributed by atoms with Crippen LogP contribution in [-0.2, 0) is 20.9 Å². The number of halogens is 3. The van der Waals surface area contributed by atoms with Crippen LogP contribution in [0.25, 0.3) is 0 Å². The van der Waals surface area contributed by atoms with Crippen molar-refractivity contribution in [2.45, 2.75) is 11.1 Å². The summed E-state index contributed by atoms with van der Waals surface area (Å²) in [6.07, 6.45) is -4.54. The van der Waals surface area contributed by atoms with E-state index in [9.17, 15) is 21.6 Å². The molecule has 0 saturated carbocycles. The number of benzene rings is 2. The molecule has 29 heavy (non-hydrogen) atoms. The number of anilines is 2. The van der Waals surface area contributed by atoms with Crippen molar-refractivity contribution >= 4 is 38.7 Å². The number of alkyl halides is 3. The largest absolute Gasteiger partial charge is 0.418 e. The predicted octanol–water partition coefficient (Wildman–Crippen LogP) is 3.54. The van der Waals surface area contributed by atoms with E-state index in [1.165, 1.54) is 40.7 Å². The molecule has 156 valence electrons. The van der Waals surface area contributed by atoms with E-state index in [1.807, 2.05) is 0 Å². The van der Waals surface area contributed by atoms with E-state index in [2.05, 4.69) is 10.6 Å². The molecule has 0 unspecified atom stereocenters. The Morgan fingerprint density at radius 1 is 1.03 bits per heavy atom. The van der Waals surface area contributed by atoms with Crippen LogP contribution in [-0.4, -0.2) is 44.1 Å². The first-order valence-corrected chi connectivity index (χ1v) is 10.4. The number of nitrogens with one attached hydrogen (secondary N) is 2. The van der Waals surface area contributed by atoms with Crippen LogP contribution in [0.4, 0.5) is 24.5 Å². The lowest BCUT2D eigenvalue weighted by atomic mass is 10.1. The van der Waals surface area contributed by atoms with Gasteiger partial charge in [-0.25, -0.2) is 8.42 Å². The smallest absolute Gasteiger partial charge is 0.379 e. The predicted molar refractivity (Wildman–Crippen MR) is 107 cm³/mol. The van der Waals surface area contributed by atoms with E-state index in [0.717, 1.165) is 6.07 Å². The number of rotatable bonds is 4. The molecule has 1 heterocycles. The molecular weight excluding hydrogens is 427 g/mol. The van der Waals surface area contributed by atoms with Gasteiger partial charge in [-0.1, -0.05) is 18.2 Å². The van der Waals surface area contributed by atoms with Gasteiger partial charge in [-0.05, 0) is 42.5 Å². The third-order valence-corrected chi connectivity index (χ3v) is 6.28. The van der Waals surface area contributed by atoms with Crippen molar-refractivity contribution in [3.05, 3.63) is 54.1 Å². The maximum atomic E-state index is 13.1. The van der Waals surface area contributed by atoms with Gasteiger partial charge in [0.05, 0.1) is 29.4 Å². The lowest BCUT2D eigenvalue weighted by molar-refractivity contribution is -0.136. The third kappa shape index (κ3) is 5.24. The van der Waals surface area contributed by atoms with Crippen LogP contribution >= 0.6 is 12.2 Å². The Kier molecular flexibility index (Phi) is 6.42. The first-order chi connectivity index (χ1) is 13.7. The molecular formula is C18H18F3N3O3S2. The molecule has 11 heteroatoms. The summed E-state index contributed by atoms with van der Waals surface area (Å²) in [4.78, 5) is 0.0582. The highest BCUT2D eigenvalue weighted by atomic mass is 32.2. The van der Waals surface area contributed by atoms with Crippen LogP contribution in [0.2, 0.25) is 0 Å². The molecule has 0 aliphatic carbocycles. The number of hydrogen-bond donors (Lipinski definition) is 2. The van der Waals surface area contributed by atoms with Gasteiger partial charge in [0, 0.05) is 18.8 Å². The molecule has 0 amide bonds. The van der Waals surface area contributed by atoms with Crippen molar-refractivity contribution in [3.63, 3.8) is 0 Å². The van der Waals surface area contributed by atoms with E-state index < -0.39 is 21.8 Å². The summed E-state index contributed by atoms with van der Waals surface area (Å²) in [5, 5.41) is 5.15. The minimum atomic E-state index is -4.54. The monoisotopic (exact) mass is 445 g/mol. The second kappa shape index (κ2) is 8.66. The lowest BCUT2D eigenvalue weighted by Crippen LogP contribution is -2.40. The van der Waals surface area contributed by atoms with E-state index in [0.29, 0.717) is 18.9 Å². The maximum Gasteiger partial charge on any atom is 0.418 e. The lowest BCUT2D eigenvalue weighted by Gasteiger charge is -2.26. The van der Waals surface area contributed by atoms with Gasteiger partial charge >= 0.3 is 6.18 Å². The number of hydrogen-bond acceptors (Lipinski definition) is 4. The molecule has 0 aromatic heterocycles. The number of thiocarbonyl (C=S) groups is 1. The van der Waals surface area contributed by atoms with E-state index in [1.54, 1.807) is 6.07 Å². The van der Waals surface area contributed by atoms with Crippen molar-refractivity contribution in [1.29, 1.82) is 0 Å². The molecule has 1 fully saturated rings. The first kappa shape index (κ1) is 21.5. The second-order valence-corrected chi connectivity index (χ2v) is 8.51. The fourth-order valence-corrected chi connectivity index (χ4v) is 4.48. The van der Waals surface area contributed by atoms with Crippen molar-refractivity contribution in [1.82, 2.24) is 4.31 Å². The van der Waals surface area contributed by atoms with Crippen molar-refractivity contribution in [2.24, 2.45) is 0 Å². The van der Waals surface area contributed by atoms with Gasteiger partial charge in [-0.2, -0.15) is 17.5 Å². The summed E-state index contributed by atoms with van der Waals surface area (Å²) in [5.41, 5.74) is -0.719. The summed E-state index contributed by atoms with van der Waals surface area (Å²) >= 11 is 5.10. The number of para-hydroxylation sites is 1. The molecule has 1 saturated heterocycles. The highest BCUT2D eigenvalue weighted by Gasteiger charge is 2.33. The average Bonchev–Trinajstić information content (AvgIpc) is 2.68. The number of sulfonamides is 1. The Balaban J connectivity index is 1.75. The molecule has 3 rings (SSSR count). The summed E-state index contributed by atoms with van der Waals surface area (Å²) in [5.74, 6) is 0. The van der Waals surface area contributed by atoms with Crippen molar-refractivity contribution in [3.8, 4) is 0 Å². The Morgan fingerprint density at radius 2 is 1.72 bits per heavy atom. The zero-order chi connectivity index (χ0) is 21.1. The summed E-state index contributed by atoms with van der Waals surface area (Å²) in [6.45, 7) is 1.16. The van der Waals surface area contributed by atoms with Crippen LogP contribution in [0.1, 0.15) is 5.56 Å². The zero-order valence-electron chi connectivity index (χ0n) is 15.1. The van der Waals surface area contributed by atoms with Gasteiger partial charge in [0.25, 0.3) is 0 Å². The second-order valence-electron chi connectivity index (χ2n) is 6.17. The van der Waals surface area contributed by atoms with Crippen LogP contribution in [0, 0.1) is 0 Å². The van der Waals surface area contributed by atoms with Gasteiger partial charge in [-0.15, -0.1) is 0 Å².